The van der Waals surface area contributed by atoms with E-state index in [0.717, 1.165) is 31.4 Å². The number of nitrogens with zero attached hydrogens (tertiary/aromatic N) is 2. The molecule has 0 N–H and O–H groups in total. The van der Waals surface area contributed by atoms with Gasteiger partial charge >= 0.3 is 0 Å². The number of benzene rings is 1. The zero-order valence-electron chi connectivity index (χ0n) is 14.0. The van der Waals surface area contributed by atoms with E-state index in [1.165, 1.54) is 5.56 Å². The first kappa shape index (κ1) is 15.4. The summed E-state index contributed by atoms with van der Waals surface area (Å²) in [5, 5.41) is 3.83. The molecule has 1 unspecified atom stereocenters. The summed E-state index contributed by atoms with van der Waals surface area (Å²) in [5.74, 6) is 0.523. The van der Waals surface area contributed by atoms with Crippen molar-refractivity contribution in [2.24, 2.45) is 0 Å². The second kappa shape index (κ2) is 5.72. The van der Waals surface area contributed by atoms with Crippen LogP contribution in [0.1, 0.15) is 59.0 Å². The van der Waals surface area contributed by atoms with Gasteiger partial charge in [0.1, 0.15) is 5.82 Å². The second-order valence-electron chi connectivity index (χ2n) is 7.11. The van der Waals surface area contributed by atoms with Crippen LogP contribution < -0.4 is 0 Å². The van der Waals surface area contributed by atoms with E-state index in [1.54, 1.807) is 19.1 Å². The van der Waals surface area contributed by atoms with E-state index in [0.29, 0.717) is 17.2 Å². The molecule has 2 aliphatic rings. The van der Waals surface area contributed by atoms with Gasteiger partial charge in [0.25, 0.3) is 5.91 Å². The minimum atomic E-state index is -0.157. The molecule has 0 saturated carbocycles. The summed E-state index contributed by atoms with van der Waals surface area (Å²) in [6, 6.07) is 7.58. The number of fused-ring (bicyclic) bond motifs is 2. The van der Waals surface area contributed by atoms with Crippen LogP contribution in [-0.4, -0.2) is 28.0 Å². The number of rotatable bonds is 2. The maximum absolute atomic E-state index is 13.5. The standard InChI is InChI=1S/C19H21FN2O2/c1-11-7-13(3-6-17(11)20)14-9-15-4-5-16(10-14)22(15)19(23)18-8-12(2)21-24-18/h3,6-8,14-16H,4-5,9-10H2,1-2H3/t14?,15-,16+. The predicted molar refractivity (Wildman–Crippen MR) is 87.3 cm³/mol. The smallest absolute Gasteiger partial charge is 0.292 e. The normalized spacial score (nSPS) is 26.0. The molecule has 2 aliphatic heterocycles. The lowest BCUT2D eigenvalue weighted by Gasteiger charge is -2.38. The Bertz CT molecular complexity index is 771. The molecule has 2 aromatic rings. The van der Waals surface area contributed by atoms with Crippen LogP contribution in [-0.2, 0) is 0 Å². The maximum atomic E-state index is 13.5. The third kappa shape index (κ3) is 2.52. The van der Waals surface area contributed by atoms with E-state index in [-0.39, 0.29) is 23.8 Å². The molecule has 0 aliphatic carbocycles. The average Bonchev–Trinajstić information content (AvgIpc) is 3.10. The molecule has 2 bridgehead atoms. The molecule has 4 rings (SSSR count). The molecular formula is C19H21FN2O2. The van der Waals surface area contributed by atoms with Gasteiger partial charge in [0, 0.05) is 18.2 Å². The van der Waals surface area contributed by atoms with Gasteiger partial charge in [-0.3, -0.25) is 4.79 Å². The fourth-order valence-corrected chi connectivity index (χ4v) is 4.29. The fraction of sp³-hybridized carbons (Fsp3) is 0.474. The van der Waals surface area contributed by atoms with Crippen molar-refractivity contribution in [2.45, 2.75) is 57.5 Å². The molecule has 5 heteroatoms. The highest BCUT2D eigenvalue weighted by atomic mass is 19.1. The van der Waals surface area contributed by atoms with Crippen LogP contribution in [0.4, 0.5) is 4.39 Å². The molecule has 0 spiro atoms. The van der Waals surface area contributed by atoms with Crippen LogP contribution in [0, 0.1) is 19.7 Å². The van der Waals surface area contributed by atoms with E-state index < -0.39 is 0 Å². The first-order valence-electron chi connectivity index (χ1n) is 8.55. The lowest BCUT2D eigenvalue weighted by molar-refractivity contribution is 0.0529. The van der Waals surface area contributed by atoms with Gasteiger partial charge in [0.2, 0.25) is 5.76 Å². The average molecular weight is 328 g/mol. The van der Waals surface area contributed by atoms with Crippen molar-refractivity contribution in [3.05, 3.63) is 52.7 Å². The summed E-state index contributed by atoms with van der Waals surface area (Å²) < 4.78 is 18.7. The summed E-state index contributed by atoms with van der Waals surface area (Å²) in [6.45, 7) is 3.62. The highest BCUT2D eigenvalue weighted by Crippen LogP contribution is 2.43. The largest absolute Gasteiger partial charge is 0.351 e. The molecule has 24 heavy (non-hydrogen) atoms. The minimum Gasteiger partial charge on any atom is -0.351 e. The van der Waals surface area contributed by atoms with E-state index in [4.69, 9.17) is 4.52 Å². The molecule has 126 valence electrons. The first-order valence-corrected chi connectivity index (χ1v) is 8.55. The van der Waals surface area contributed by atoms with Crippen LogP contribution in [0.25, 0.3) is 0 Å². The molecule has 2 fully saturated rings. The van der Waals surface area contributed by atoms with Crippen LogP contribution in [0.2, 0.25) is 0 Å². The van der Waals surface area contributed by atoms with Crippen molar-refractivity contribution in [3.63, 3.8) is 0 Å². The van der Waals surface area contributed by atoms with Gasteiger partial charge in [-0.05, 0) is 62.6 Å². The van der Waals surface area contributed by atoms with Crippen LogP contribution >= 0.6 is 0 Å². The van der Waals surface area contributed by atoms with Gasteiger partial charge in [-0.1, -0.05) is 17.3 Å². The molecule has 1 aromatic heterocycles. The highest BCUT2D eigenvalue weighted by molar-refractivity contribution is 5.92. The number of halogens is 1. The van der Waals surface area contributed by atoms with Gasteiger partial charge in [-0.15, -0.1) is 0 Å². The predicted octanol–water partition coefficient (Wildman–Crippen LogP) is 3.98. The molecule has 4 nitrogen and oxygen atoms in total. The van der Waals surface area contributed by atoms with Gasteiger partial charge in [0.05, 0.1) is 5.69 Å². The van der Waals surface area contributed by atoms with Gasteiger partial charge in [-0.25, -0.2) is 4.39 Å². The maximum Gasteiger partial charge on any atom is 0.292 e. The number of hydrogen-bond donors (Lipinski definition) is 0. The summed E-state index contributed by atoms with van der Waals surface area (Å²) in [5.41, 5.74) is 2.60. The Morgan fingerprint density at radius 2 is 1.92 bits per heavy atom. The number of hydrogen-bond acceptors (Lipinski definition) is 3. The fourth-order valence-electron chi connectivity index (χ4n) is 4.29. The third-order valence-corrected chi connectivity index (χ3v) is 5.46. The summed E-state index contributed by atoms with van der Waals surface area (Å²) in [7, 11) is 0. The molecule has 2 saturated heterocycles. The van der Waals surface area contributed by atoms with Crippen molar-refractivity contribution in [2.75, 3.05) is 0 Å². The number of carbonyl (C=O) groups excluding carboxylic acids is 1. The van der Waals surface area contributed by atoms with E-state index in [1.807, 2.05) is 24.0 Å². The van der Waals surface area contributed by atoms with Crippen LogP contribution in [0.3, 0.4) is 0 Å². The summed E-state index contributed by atoms with van der Waals surface area (Å²) in [4.78, 5) is 14.8. The Morgan fingerprint density at radius 1 is 1.21 bits per heavy atom. The zero-order valence-corrected chi connectivity index (χ0v) is 14.0. The van der Waals surface area contributed by atoms with E-state index >= 15 is 0 Å². The first-order chi connectivity index (χ1) is 11.5. The Balaban J connectivity index is 1.55. The lowest BCUT2D eigenvalue weighted by Crippen LogP contribution is -2.46. The van der Waals surface area contributed by atoms with Crippen molar-refractivity contribution in [3.8, 4) is 0 Å². The third-order valence-electron chi connectivity index (χ3n) is 5.46. The summed E-state index contributed by atoms with van der Waals surface area (Å²) >= 11 is 0. The Hall–Kier alpha value is -2.17. The minimum absolute atomic E-state index is 0.0446. The van der Waals surface area contributed by atoms with Crippen LogP contribution in [0.15, 0.2) is 28.8 Å². The Labute approximate surface area is 140 Å². The van der Waals surface area contributed by atoms with E-state index in [9.17, 15) is 9.18 Å². The second-order valence-corrected chi connectivity index (χ2v) is 7.11. The van der Waals surface area contributed by atoms with Gasteiger partial charge in [0.15, 0.2) is 0 Å². The van der Waals surface area contributed by atoms with Crippen molar-refractivity contribution >= 4 is 5.91 Å². The van der Waals surface area contributed by atoms with Crippen molar-refractivity contribution in [1.29, 1.82) is 0 Å². The lowest BCUT2D eigenvalue weighted by atomic mass is 9.84. The molecular weight excluding hydrogens is 307 g/mol. The number of carbonyl (C=O) groups is 1. The topological polar surface area (TPSA) is 46.3 Å². The molecule has 3 heterocycles. The number of piperidine rings is 1. The number of aryl methyl sites for hydroxylation is 2. The van der Waals surface area contributed by atoms with E-state index in [2.05, 4.69) is 5.16 Å². The monoisotopic (exact) mass is 328 g/mol. The highest BCUT2D eigenvalue weighted by Gasteiger charge is 2.44. The van der Waals surface area contributed by atoms with Crippen molar-refractivity contribution in [1.82, 2.24) is 10.1 Å². The molecule has 1 amide bonds. The van der Waals surface area contributed by atoms with Gasteiger partial charge in [-0.2, -0.15) is 0 Å². The molecule has 0 radical (unpaired) electrons. The Morgan fingerprint density at radius 3 is 2.50 bits per heavy atom. The summed E-state index contributed by atoms with van der Waals surface area (Å²) in [6.07, 6.45) is 3.92. The number of aromatic nitrogens is 1. The number of amides is 1. The van der Waals surface area contributed by atoms with Crippen LogP contribution in [0.5, 0.6) is 0 Å². The molecule has 3 atom stereocenters. The zero-order chi connectivity index (χ0) is 16.8. The Kier molecular flexibility index (Phi) is 3.66. The SMILES string of the molecule is Cc1cc(C(=O)N2[C@@H]3CC[C@H]2CC(c2ccc(F)c(C)c2)C3)on1. The van der Waals surface area contributed by atoms with Crippen molar-refractivity contribution < 1.29 is 13.7 Å². The van der Waals surface area contributed by atoms with Gasteiger partial charge < -0.3 is 9.42 Å². The molecule has 1 aromatic carbocycles. The quantitative estimate of drug-likeness (QED) is 0.837.